The monoisotopic (exact) mass is 1750 g/mol. The van der Waals surface area contributed by atoms with Crippen LogP contribution < -0.4 is 0 Å². The number of esters is 2. The van der Waals surface area contributed by atoms with Crippen LogP contribution in [0.4, 0.5) is 34.1 Å². The molecule has 0 unspecified atom stereocenters. The number of benzene rings is 12. The van der Waals surface area contributed by atoms with E-state index >= 15 is 0 Å². The van der Waals surface area contributed by atoms with Crippen molar-refractivity contribution in [2.24, 2.45) is 0 Å². The molecule has 0 fully saturated rings. The van der Waals surface area contributed by atoms with E-state index in [9.17, 15) is 89.5 Å². The molecular weight excluding hydrogens is 1670 g/mol. The normalized spacial score (nSPS) is 9.80. The van der Waals surface area contributed by atoms with Gasteiger partial charge in [-0.15, -0.1) is 0 Å². The van der Waals surface area contributed by atoms with Crippen molar-refractivity contribution < 1.29 is 78.0 Å². The Labute approximate surface area is 702 Å². The number of ether oxygens (including phenoxy) is 2. The van der Waals surface area contributed by atoms with Gasteiger partial charge in [-0.25, -0.2) is 19.2 Å². The molecule has 0 bridgehead atoms. The smallest absolute Gasteiger partial charge is 0.337 e. The Morgan fingerprint density at radius 1 is 0.311 bits per heavy atom. The molecule has 0 amide bonds. The second-order valence-corrected chi connectivity index (χ2v) is 26.6. The van der Waals surface area contributed by atoms with Crippen LogP contribution in [0.2, 0.25) is 0 Å². The lowest BCUT2D eigenvalue weighted by Gasteiger charge is -2.04. The quantitative estimate of drug-likeness (QED) is 0.0159. The molecule has 12 aromatic rings. The largest absolute Gasteiger partial charge is 0.478 e. The minimum atomic E-state index is -0.967. The molecule has 0 saturated heterocycles. The molecule has 119 heavy (non-hydrogen) atoms. The number of nitro benzene ring substituents is 6. The molecule has 0 saturated carbocycles. The van der Waals surface area contributed by atoms with Crippen molar-refractivity contribution in [1.82, 2.24) is 0 Å². The first kappa shape index (κ1) is 96.6. The number of methoxy groups -OCH3 is 2. The van der Waals surface area contributed by atoms with E-state index < -0.39 is 46.7 Å². The van der Waals surface area contributed by atoms with Crippen LogP contribution in [0.15, 0.2) is 291 Å². The van der Waals surface area contributed by atoms with Crippen molar-refractivity contribution in [2.75, 3.05) is 14.2 Å². The number of halogens is 2. The number of carboxylic acids is 2. The Hall–Kier alpha value is -14.7. The number of hydrogen-bond donors (Lipinski definition) is 2. The van der Waals surface area contributed by atoms with Gasteiger partial charge in [0.1, 0.15) is 0 Å². The van der Waals surface area contributed by atoms with E-state index in [1.54, 1.807) is 152 Å². The van der Waals surface area contributed by atoms with Crippen molar-refractivity contribution in [3.8, 4) is 0 Å². The van der Waals surface area contributed by atoms with Gasteiger partial charge >= 0.3 is 23.9 Å². The number of aromatic carboxylic acids is 2. The molecule has 30 heteroatoms. The van der Waals surface area contributed by atoms with Gasteiger partial charge in [0.15, 0.2) is 5.78 Å². The SMILES string of the molecule is C.C.CC(=O)c1cccc(Cc2ccc([N+](=O)[O-])cc2)c1.COC(=O)c1cccc(C)c1.COC(=O)c1cccc(Cc2ccc([N+](=O)[O-])cc2)c1.O=C(Cl)c1cccc(Cc2ccc([N+](=O)[O-])cc2)c1.O=C(O)c1cccc(Cc2ccc([N+](=O)[O-])cc2)c1.O=C(O)c1cccc(Cc2ccc([N+](=O)[O-])cc2)c1.O=[N+]([O-])c1ccc(I)cc1. The van der Waals surface area contributed by atoms with Gasteiger partial charge in [0.05, 0.1) is 66.0 Å². The Kier molecular flexibility index (Phi) is 39.9. The van der Waals surface area contributed by atoms with E-state index in [-0.39, 0.29) is 77.8 Å². The minimum absolute atomic E-state index is 0. The predicted molar refractivity (Wildman–Crippen MR) is 459 cm³/mol. The summed E-state index contributed by atoms with van der Waals surface area (Å²) in [5.74, 6) is -2.56. The number of non-ortho nitro benzene ring substituents is 6. The fraction of sp³-hybridized carbons (Fsp3) is 0.124. The molecule has 2 N–H and O–H groups in total. The summed E-state index contributed by atoms with van der Waals surface area (Å²) < 4.78 is 10.2. The van der Waals surface area contributed by atoms with Gasteiger partial charge in [-0.05, 0) is 209 Å². The number of carbonyl (C=O) groups is 6. The van der Waals surface area contributed by atoms with Gasteiger partial charge < -0.3 is 19.7 Å². The Bertz CT molecular complexity index is 5050. The van der Waals surface area contributed by atoms with Crippen LogP contribution in [0, 0.1) is 71.2 Å². The van der Waals surface area contributed by atoms with E-state index in [1.165, 1.54) is 106 Å². The third-order valence-electron chi connectivity index (χ3n) is 16.4. The number of nitro groups is 6. The van der Waals surface area contributed by atoms with Crippen molar-refractivity contribution in [3.05, 3.63) is 450 Å². The molecule has 0 atom stereocenters. The number of hydrogen-bond acceptors (Lipinski definition) is 20. The maximum absolute atomic E-state index is 11.4. The molecule has 0 aromatic heterocycles. The number of ketones is 1. The van der Waals surface area contributed by atoms with Gasteiger partial charge in [-0.2, -0.15) is 0 Å². The summed E-state index contributed by atoms with van der Waals surface area (Å²) >= 11 is 7.52. The summed E-state index contributed by atoms with van der Waals surface area (Å²) in [6.07, 6.45) is 2.93. The zero-order valence-corrected chi connectivity index (χ0v) is 65.7. The molecular formula is C89H80ClIN6O22. The highest BCUT2D eigenvalue weighted by Gasteiger charge is 2.14. The van der Waals surface area contributed by atoms with Gasteiger partial charge in [0.25, 0.3) is 39.4 Å². The maximum atomic E-state index is 11.4. The first-order chi connectivity index (χ1) is 55.8. The Balaban J connectivity index is 0.000000294. The number of rotatable bonds is 22. The molecule has 0 aliphatic heterocycles. The Morgan fingerprint density at radius 2 is 0.521 bits per heavy atom. The first-order valence-electron chi connectivity index (χ1n) is 34.7. The molecule has 612 valence electrons. The third kappa shape index (κ3) is 33.7. The van der Waals surface area contributed by atoms with E-state index in [4.69, 9.17) is 21.8 Å². The fourth-order valence-corrected chi connectivity index (χ4v) is 11.0. The molecule has 0 aliphatic rings. The predicted octanol–water partition coefficient (Wildman–Crippen LogP) is 20.9. The zero-order valence-electron chi connectivity index (χ0n) is 62.7. The summed E-state index contributed by atoms with van der Waals surface area (Å²) in [5.41, 5.74) is 13.4. The van der Waals surface area contributed by atoms with Crippen LogP contribution in [0.5, 0.6) is 0 Å². The highest BCUT2D eigenvalue weighted by molar-refractivity contribution is 14.1. The summed E-state index contributed by atoms with van der Waals surface area (Å²) in [5, 5.41) is 80.2. The number of aryl methyl sites for hydroxylation is 1. The second-order valence-electron chi connectivity index (χ2n) is 25.0. The van der Waals surface area contributed by atoms with E-state index in [0.717, 1.165) is 64.8 Å². The number of Topliss-reactive ketones (excluding diaryl/α,β-unsaturated/α-hetero) is 1. The van der Waals surface area contributed by atoms with E-state index in [2.05, 4.69) is 32.1 Å². The minimum Gasteiger partial charge on any atom is -0.478 e. The highest BCUT2D eigenvalue weighted by atomic mass is 127. The first-order valence-corrected chi connectivity index (χ1v) is 36.2. The van der Waals surface area contributed by atoms with Gasteiger partial charge in [0, 0.05) is 87.5 Å². The summed E-state index contributed by atoms with van der Waals surface area (Å²) in [7, 11) is 2.72. The zero-order chi connectivity index (χ0) is 85.7. The number of carbonyl (C=O) groups excluding carboxylic acids is 4. The highest BCUT2D eigenvalue weighted by Crippen LogP contribution is 2.23. The van der Waals surface area contributed by atoms with Crippen molar-refractivity contribution in [3.63, 3.8) is 0 Å². The van der Waals surface area contributed by atoms with E-state index in [1.807, 2.05) is 61.5 Å². The summed E-state index contributed by atoms with van der Waals surface area (Å²) in [6, 6.07) is 80.1. The molecule has 12 rings (SSSR count). The molecule has 0 spiro atoms. The number of nitrogens with zero attached hydrogens (tertiary/aromatic N) is 6. The Morgan fingerprint density at radius 3 is 0.756 bits per heavy atom. The molecule has 0 radical (unpaired) electrons. The summed E-state index contributed by atoms with van der Waals surface area (Å²) in [4.78, 5) is 127. The van der Waals surface area contributed by atoms with E-state index in [0.29, 0.717) is 54.4 Å². The van der Waals surface area contributed by atoms with Crippen LogP contribution in [-0.4, -0.2) is 88.9 Å². The van der Waals surface area contributed by atoms with Crippen LogP contribution in [0.3, 0.4) is 0 Å². The van der Waals surface area contributed by atoms with Crippen LogP contribution >= 0.6 is 34.2 Å². The average molecular weight is 1750 g/mol. The van der Waals surface area contributed by atoms with Crippen molar-refractivity contribution in [2.45, 2.75) is 60.8 Å². The standard InChI is InChI=1S/C15H13NO4.C15H13NO3.C14H10ClNO3.2C14H11NO4.C9H10O2.C6H4INO2.2CH4/c1-20-15(17)13-4-2-3-12(10-13)9-11-5-7-14(8-6-11)16(18)19;1-11(17)14-4-2-3-13(10-14)9-12-5-7-15(8-6-12)16(18)19;15-14(17)12-3-1-2-11(9-12)8-10-4-6-13(7-5-10)16(18)19;2*16-14(17)12-3-1-2-11(9-12)8-10-4-6-13(7-5-10)15(18)19;1-7-4-3-5-8(6-7)9(10)11-2;7-5-1-3-6(4-2-5)8(9)10;;/h2-8,10H,9H2,1H3;2-8,10H,9H2,1H3;1-7,9H,8H2;2*1-7,9H,8H2,(H,16,17);3-6H,1-2H3;1-4H;2*1H4. The van der Waals surface area contributed by atoms with Crippen LogP contribution in [0.25, 0.3) is 0 Å². The van der Waals surface area contributed by atoms with Gasteiger partial charge in [0.2, 0.25) is 0 Å². The summed E-state index contributed by atoms with van der Waals surface area (Å²) in [6.45, 7) is 3.47. The van der Waals surface area contributed by atoms with Crippen LogP contribution in [0.1, 0.15) is 145 Å². The van der Waals surface area contributed by atoms with Gasteiger partial charge in [-0.3, -0.25) is 70.3 Å². The molecule has 28 nitrogen and oxygen atoms in total. The average Bonchev–Trinajstić information content (AvgIpc) is 0.873. The fourth-order valence-electron chi connectivity index (χ4n) is 10.6. The second kappa shape index (κ2) is 49.1. The third-order valence-corrected chi connectivity index (χ3v) is 17.4. The lowest BCUT2D eigenvalue weighted by Crippen LogP contribution is -2.01. The lowest BCUT2D eigenvalue weighted by molar-refractivity contribution is -0.385. The van der Waals surface area contributed by atoms with Crippen LogP contribution in [-0.2, 0) is 41.6 Å². The molecule has 0 heterocycles. The molecule has 12 aromatic carbocycles. The topological polar surface area (TPSA) is 420 Å². The molecule has 0 aliphatic carbocycles. The van der Waals surface area contributed by atoms with Crippen molar-refractivity contribution in [1.29, 1.82) is 0 Å². The number of carboxylic acid groups (broad SMARTS) is 2. The lowest BCUT2D eigenvalue weighted by atomic mass is 10.0. The maximum Gasteiger partial charge on any atom is 0.337 e. The van der Waals surface area contributed by atoms with Gasteiger partial charge in [-0.1, -0.05) is 166 Å². The van der Waals surface area contributed by atoms with Crippen molar-refractivity contribution >= 4 is 103 Å².